The van der Waals surface area contributed by atoms with Crippen LogP contribution in [0.4, 0.5) is 0 Å². The molecule has 0 saturated carbocycles. The molecule has 0 aliphatic rings. The van der Waals surface area contributed by atoms with Crippen LogP contribution in [0.15, 0.2) is 30.3 Å². The van der Waals surface area contributed by atoms with E-state index in [1.54, 1.807) is 13.8 Å². The Hall–Kier alpha value is -2.10. The van der Waals surface area contributed by atoms with Gasteiger partial charge in [0.1, 0.15) is 5.15 Å². The van der Waals surface area contributed by atoms with Gasteiger partial charge in [0.15, 0.2) is 5.11 Å². The molecule has 0 fully saturated rings. The molecule has 2 aromatic rings. The second-order valence-electron chi connectivity index (χ2n) is 6.40. The highest BCUT2D eigenvalue weighted by molar-refractivity contribution is 7.98. The van der Waals surface area contributed by atoms with E-state index in [4.69, 9.17) is 28.6 Å². The smallest absolute Gasteiger partial charge is 0.353 e. The first-order valence-electron chi connectivity index (χ1n) is 9.42. The van der Waals surface area contributed by atoms with Gasteiger partial charge in [-0.15, -0.1) is 0 Å². The Morgan fingerprint density at radius 1 is 1.27 bits per heavy atom. The number of benzene rings is 1. The Labute approximate surface area is 190 Å². The van der Waals surface area contributed by atoms with Crippen molar-refractivity contribution < 1.29 is 14.3 Å². The molecule has 0 saturated heterocycles. The van der Waals surface area contributed by atoms with Crippen molar-refractivity contribution >= 4 is 63.5 Å². The number of carbonyl (C=O) groups excluding carboxylic acids is 2. The molecule has 0 spiro atoms. The lowest BCUT2D eigenvalue weighted by Crippen LogP contribution is -2.69. The molecule has 30 heavy (non-hydrogen) atoms. The van der Waals surface area contributed by atoms with E-state index in [2.05, 4.69) is 20.9 Å². The van der Waals surface area contributed by atoms with Crippen LogP contribution in [0.5, 0.6) is 0 Å². The Balaban J connectivity index is 2.17. The number of nitrogens with zero attached hydrogens (tertiary/aromatic N) is 1. The van der Waals surface area contributed by atoms with Crippen LogP contribution in [0, 0.1) is 0 Å². The van der Waals surface area contributed by atoms with Crippen LogP contribution in [0.2, 0.25) is 5.15 Å². The summed E-state index contributed by atoms with van der Waals surface area (Å²) in [6.07, 6.45) is 2.04. The number of amides is 1. The van der Waals surface area contributed by atoms with E-state index in [1.807, 2.05) is 36.6 Å². The fraction of sp³-hybridized carbons (Fsp3) is 0.400. The summed E-state index contributed by atoms with van der Waals surface area (Å²) in [6.45, 7) is 3.88. The Morgan fingerprint density at radius 3 is 2.67 bits per heavy atom. The summed E-state index contributed by atoms with van der Waals surface area (Å²) in [4.78, 5) is 29.2. The van der Waals surface area contributed by atoms with Crippen molar-refractivity contribution in [1.29, 1.82) is 0 Å². The van der Waals surface area contributed by atoms with Gasteiger partial charge in [0, 0.05) is 29.7 Å². The first-order chi connectivity index (χ1) is 14.3. The lowest BCUT2D eigenvalue weighted by atomic mass is 10.1. The Kier molecular flexibility index (Phi) is 9.13. The highest BCUT2D eigenvalue weighted by Crippen LogP contribution is 2.20. The number of para-hydroxylation sites is 1. The molecule has 0 radical (unpaired) electrons. The number of thioether (sulfide) groups is 1. The highest BCUT2D eigenvalue weighted by Gasteiger charge is 2.41. The molecule has 3 N–H and O–H groups in total. The van der Waals surface area contributed by atoms with Gasteiger partial charge in [-0.2, -0.15) is 11.8 Å². The number of esters is 1. The van der Waals surface area contributed by atoms with Crippen LogP contribution in [0.25, 0.3) is 10.9 Å². The van der Waals surface area contributed by atoms with Crippen molar-refractivity contribution in [2.75, 3.05) is 18.6 Å². The van der Waals surface area contributed by atoms with Crippen LogP contribution in [-0.2, 0) is 20.9 Å². The second-order valence-corrected chi connectivity index (χ2v) is 8.03. The molecule has 1 heterocycles. The van der Waals surface area contributed by atoms with Crippen LogP contribution < -0.4 is 16.0 Å². The molecule has 1 amide bonds. The van der Waals surface area contributed by atoms with Gasteiger partial charge in [0.25, 0.3) is 0 Å². The fourth-order valence-electron chi connectivity index (χ4n) is 2.74. The van der Waals surface area contributed by atoms with E-state index in [-0.39, 0.29) is 29.8 Å². The molecular weight excluding hydrogens is 444 g/mol. The summed E-state index contributed by atoms with van der Waals surface area (Å²) in [5.41, 5.74) is 0.0807. The zero-order chi connectivity index (χ0) is 22.1. The number of ether oxygens (including phenoxy) is 1. The standard InChI is InChI=1S/C20H25ClN4O3S2/c1-4-16(26)24-20(12-30-3,18(27)28-5-2)25-19(29)22-11-14-10-13-8-6-7-9-15(13)23-17(14)21/h6-10H,4-5,11-12H2,1-3H3,(H,24,26)(H2,22,25,29). The molecule has 1 aromatic carbocycles. The lowest BCUT2D eigenvalue weighted by molar-refractivity contribution is -0.153. The molecule has 0 bridgehead atoms. The topological polar surface area (TPSA) is 92.3 Å². The first-order valence-corrected chi connectivity index (χ1v) is 11.6. The predicted molar refractivity (Wildman–Crippen MR) is 126 cm³/mol. The maximum Gasteiger partial charge on any atom is 0.353 e. The predicted octanol–water partition coefficient (Wildman–Crippen LogP) is 3.00. The van der Waals surface area contributed by atoms with E-state index in [0.29, 0.717) is 11.7 Å². The molecule has 1 aromatic heterocycles. The molecule has 7 nitrogen and oxygen atoms in total. The normalized spacial score (nSPS) is 12.7. The first kappa shape index (κ1) is 24.2. The van der Waals surface area contributed by atoms with Crippen LogP contribution in [-0.4, -0.2) is 46.3 Å². The third-order valence-electron chi connectivity index (χ3n) is 4.18. The van der Waals surface area contributed by atoms with Gasteiger partial charge < -0.3 is 20.7 Å². The second kappa shape index (κ2) is 11.3. The number of aromatic nitrogens is 1. The number of halogens is 1. The summed E-state index contributed by atoms with van der Waals surface area (Å²) in [5.74, 6) is -0.664. The fourth-order valence-corrected chi connectivity index (χ4v) is 3.89. The van der Waals surface area contributed by atoms with Crippen molar-refractivity contribution in [3.8, 4) is 0 Å². The average Bonchev–Trinajstić information content (AvgIpc) is 2.72. The third-order valence-corrected chi connectivity index (χ3v) is 5.47. The summed E-state index contributed by atoms with van der Waals surface area (Å²) < 4.78 is 5.19. The van der Waals surface area contributed by atoms with Gasteiger partial charge in [-0.25, -0.2) is 9.78 Å². The van der Waals surface area contributed by atoms with Crippen molar-refractivity contribution in [3.63, 3.8) is 0 Å². The minimum Gasteiger partial charge on any atom is -0.463 e. The van der Waals surface area contributed by atoms with E-state index in [9.17, 15) is 9.59 Å². The SMILES string of the molecule is CCOC(=O)C(CSC)(NC(=O)CC)NC(=S)NCc1cc2ccccc2nc1Cl. The molecule has 10 heteroatoms. The third kappa shape index (κ3) is 6.20. The van der Waals surface area contributed by atoms with Gasteiger partial charge in [0.2, 0.25) is 11.6 Å². The zero-order valence-electron chi connectivity index (χ0n) is 17.1. The molecule has 0 aliphatic heterocycles. The van der Waals surface area contributed by atoms with Crippen molar-refractivity contribution in [1.82, 2.24) is 20.9 Å². The Bertz CT molecular complexity index is 928. The molecule has 162 valence electrons. The largest absolute Gasteiger partial charge is 0.463 e. The lowest BCUT2D eigenvalue weighted by Gasteiger charge is -2.33. The zero-order valence-corrected chi connectivity index (χ0v) is 19.5. The van der Waals surface area contributed by atoms with E-state index >= 15 is 0 Å². The van der Waals surface area contributed by atoms with Crippen LogP contribution in [0.3, 0.4) is 0 Å². The van der Waals surface area contributed by atoms with Gasteiger partial charge >= 0.3 is 5.97 Å². The number of hydrogen-bond donors (Lipinski definition) is 3. The van der Waals surface area contributed by atoms with Gasteiger partial charge in [-0.1, -0.05) is 36.7 Å². The van der Waals surface area contributed by atoms with E-state index in [1.165, 1.54) is 11.8 Å². The van der Waals surface area contributed by atoms with Gasteiger partial charge in [-0.05, 0) is 37.5 Å². The minimum atomic E-state index is -1.47. The number of pyridine rings is 1. The maximum absolute atomic E-state index is 12.7. The maximum atomic E-state index is 12.7. The van der Waals surface area contributed by atoms with Crippen molar-refractivity contribution in [2.24, 2.45) is 0 Å². The number of thiocarbonyl (C=S) groups is 1. The number of hydrogen-bond acceptors (Lipinski definition) is 6. The molecule has 0 aliphatic carbocycles. The summed E-state index contributed by atoms with van der Waals surface area (Å²) in [7, 11) is 0. The van der Waals surface area contributed by atoms with Crippen molar-refractivity contribution in [2.45, 2.75) is 32.5 Å². The highest BCUT2D eigenvalue weighted by atomic mass is 35.5. The quantitative estimate of drug-likeness (QED) is 0.224. The summed E-state index contributed by atoms with van der Waals surface area (Å²) >= 11 is 13.1. The van der Waals surface area contributed by atoms with E-state index in [0.717, 1.165) is 16.5 Å². The summed E-state index contributed by atoms with van der Waals surface area (Å²) in [5, 5.41) is 10.2. The summed E-state index contributed by atoms with van der Waals surface area (Å²) in [6, 6.07) is 9.59. The molecule has 1 unspecified atom stereocenters. The molecule has 1 atom stereocenters. The molecular formula is C20H25ClN4O3S2. The minimum absolute atomic E-state index is 0.178. The van der Waals surface area contributed by atoms with Crippen LogP contribution in [0.1, 0.15) is 25.8 Å². The van der Waals surface area contributed by atoms with Gasteiger partial charge in [-0.3, -0.25) is 4.79 Å². The van der Waals surface area contributed by atoms with E-state index < -0.39 is 11.6 Å². The molecule has 2 rings (SSSR count). The Morgan fingerprint density at radius 2 is 2.00 bits per heavy atom. The van der Waals surface area contributed by atoms with Gasteiger partial charge in [0.05, 0.1) is 12.1 Å². The number of fused-ring (bicyclic) bond motifs is 1. The van der Waals surface area contributed by atoms with Crippen LogP contribution >= 0.6 is 35.6 Å². The average molecular weight is 469 g/mol. The number of nitrogens with one attached hydrogen (secondary N) is 3. The number of carbonyl (C=O) groups is 2. The monoisotopic (exact) mass is 468 g/mol. The van der Waals surface area contributed by atoms with Crippen molar-refractivity contribution in [3.05, 3.63) is 41.0 Å². The number of rotatable bonds is 9.